The lowest BCUT2D eigenvalue weighted by Gasteiger charge is -2.33. The average molecular weight is 278 g/mol. The number of carbonyl (C=O) groups is 1. The Hall–Kier alpha value is -1.69. The molecule has 1 fully saturated rings. The minimum atomic E-state index is 0.00469. The van der Waals surface area contributed by atoms with E-state index in [2.05, 4.69) is 20.2 Å². The van der Waals surface area contributed by atoms with Gasteiger partial charge in [-0.3, -0.25) is 9.78 Å². The Morgan fingerprint density at radius 1 is 1.60 bits per heavy atom. The predicted molar refractivity (Wildman–Crippen MR) is 76.4 cm³/mol. The van der Waals surface area contributed by atoms with Crippen LogP contribution in [0.5, 0.6) is 0 Å². The van der Waals surface area contributed by atoms with Crippen molar-refractivity contribution in [2.75, 3.05) is 31.7 Å². The van der Waals surface area contributed by atoms with E-state index in [-0.39, 0.29) is 17.9 Å². The first-order valence-electron chi connectivity index (χ1n) is 7.01. The molecule has 6 nitrogen and oxygen atoms in total. The zero-order valence-corrected chi connectivity index (χ0v) is 12.1. The number of carbonyl (C=O) groups excluding carboxylic acids is 1. The molecule has 6 heteroatoms. The second-order valence-corrected chi connectivity index (χ2v) is 5.21. The van der Waals surface area contributed by atoms with Crippen molar-refractivity contribution in [2.24, 2.45) is 5.92 Å². The quantitative estimate of drug-likeness (QED) is 0.864. The molecule has 1 amide bonds. The van der Waals surface area contributed by atoms with Crippen LogP contribution in [0.25, 0.3) is 0 Å². The summed E-state index contributed by atoms with van der Waals surface area (Å²) in [5.74, 6) is 0.947. The molecule has 0 radical (unpaired) electrons. The first-order valence-corrected chi connectivity index (χ1v) is 7.01. The number of nitrogens with zero attached hydrogens (tertiary/aromatic N) is 3. The predicted octanol–water partition coefficient (Wildman–Crippen LogP) is 0.844. The molecule has 2 rings (SSSR count). The van der Waals surface area contributed by atoms with Crippen LogP contribution in [0.4, 0.5) is 5.82 Å². The Bertz CT molecular complexity index is 426. The molecule has 2 unspecified atom stereocenters. The molecule has 0 aromatic carbocycles. The van der Waals surface area contributed by atoms with Crippen molar-refractivity contribution in [3.63, 3.8) is 0 Å². The lowest BCUT2D eigenvalue weighted by molar-refractivity contribution is -0.126. The summed E-state index contributed by atoms with van der Waals surface area (Å²) >= 11 is 0. The lowest BCUT2D eigenvalue weighted by atomic mass is 9.97. The normalized spacial score (nSPS) is 20.5. The second-order valence-electron chi connectivity index (χ2n) is 5.21. The fourth-order valence-corrected chi connectivity index (χ4v) is 2.51. The first-order chi connectivity index (χ1) is 9.70. The van der Waals surface area contributed by atoms with Crippen LogP contribution in [0.1, 0.15) is 19.8 Å². The highest BCUT2D eigenvalue weighted by molar-refractivity contribution is 5.79. The topological polar surface area (TPSA) is 67.3 Å². The molecule has 1 aliphatic rings. The Morgan fingerprint density at radius 3 is 3.15 bits per heavy atom. The minimum Gasteiger partial charge on any atom is -0.383 e. The average Bonchev–Trinajstić information content (AvgIpc) is 2.48. The second kappa shape index (κ2) is 7.19. The van der Waals surface area contributed by atoms with Crippen molar-refractivity contribution in [1.82, 2.24) is 15.3 Å². The highest BCUT2D eigenvalue weighted by Gasteiger charge is 2.27. The molecule has 0 aliphatic carbocycles. The van der Waals surface area contributed by atoms with Gasteiger partial charge in [0.15, 0.2) is 0 Å². The van der Waals surface area contributed by atoms with Gasteiger partial charge in [-0.05, 0) is 19.8 Å². The van der Waals surface area contributed by atoms with Crippen LogP contribution in [-0.2, 0) is 9.53 Å². The molecule has 2 heterocycles. The van der Waals surface area contributed by atoms with E-state index in [0.29, 0.717) is 13.2 Å². The van der Waals surface area contributed by atoms with Gasteiger partial charge in [-0.2, -0.15) is 0 Å². The number of anilines is 1. The molecule has 1 aromatic heterocycles. The molecule has 0 spiro atoms. The van der Waals surface area contributed by atoms with Crippen LogP contribution in [0, 0.1) is 5.92 Å². The van der Waals surface area contributed by atoms with Crippen molar-refractivity contribution in [3.05, 3.63) is 18.6 Å². The molecule has 2 atom stereocenters. The molecule has 0 saturated carbocycles. The summed E-state index contributed by atoms with van der Waals surface area (Å²) < 4.78 is 5.04. The summed E-state index contributed by atoms with van der Waals surface area (Å²) in [6.07, 6.45) is 6.99. The number of hydrogen-bond acceptors (Lipinski definition) is 5. The van der Waals surface area contributed by atoms with E-state index in [1.54, 1.807) is 25.7 Å². The Balaban J connectivity index is 1.91. The molecular weight excluding hydrogens is 256 g/mol. The SMILES string of the molecule is COCC(C)NC(=O)C1CCCN(c2cnccn2)C1. The van der Waals surface area contributed by atoms with E-state index in [0.717, 1.165) is 25.2 Å². The Kier molecular flexibility index (Phi) is 5.29. The van der Waals surface area contributed by atoms with E-state index in [4.69, 9.17) is 4.74 Å². The summed E-state index contributed by atoms with van der Waals surface area (Å²) in [6, 6.07) is 0.0411. The van der Waals surface area contributed by atoms with Gasteiger partial charge in [-0.25, -0.2) is 4.98 Å². The van der Waals surface area contributed by atoms with Gasteiger partial charge in [0.1, 0.15) is 5.82 Å². The third-order valence-corrected chi connectivity index (χ3v) is 3.47. The summed E-state index contributed by atoms with van der Waals surface area (Å²) in [6.45, 7) is 4.11. The van der Waals surface area contributed by atoms with Gasteiger partial charge in [0, 0.05) is 38.6 Å². The van der Waals surface area contributed by atoms with Gasteiger partial charge in [-0.15, -0.1) is 0 Å². The largest absolute Gasteiger partial charge is 0.383 e. The number of amides is 1. The fourth-order valence-electron chi connectivity index (χ4n) is 2.51. The number of hydrogen-bond donors (Lipinski definition) is 1. The maximum Gasteiger partial charge on any atom is 0.225 e. The molecule has 1 aromatic rings. The number of aromatic nitrogens is 2. The number of methoxy groups -OCH3 is 1. The first kappa shape index (κ1) is 14.7. The zero-order chi connectivity index (χ0) is 14.4. The number of rotatable bonds is 5. The summed E-state index contributed by atoms with van der Waals surface area (Å²) in [4.78, 5) is 22.7. The molecule has 0 bridgehead atoms. The van der Waals surface area contributed by atoms with Crippen LogP contribution in [0.15, 0.2) is 18.6 Å². The van der Waals surface area contributed by atoms with Gasteiger partial charge >= 0.3 is 0 Å². The van der Waals surface area contributed by atoms with Gasteiger partial charge in [-0.1, -0.05) is 0 Å². The van der Waals surface area contributed by atoms with Crippen LogP contribution in [0.2, 0.25) is 0 Å². The van der Waals surface area contributed by atoms with Gasteiger partial charge in [0.05, 0.1) is 18.7 Å². The Labute approximate surface area is 119 Å². The van der Waals surface area contributed by atoms with Gasteiger partial charge in [0.25, 0.3) is 0 Å². The van der Waals surface area contributed by atoms with E-state index in [1.165, 1.54) is 0 Å². The van der Waals surface area contributed by atoms with E-state index in [9.17, 15) is 4.79 Å². The standard InChI is InChI=1S/C14H22N4O2/c1-11(10-20-2)17-14(19)12-4-3-7-18(9-12)13-8-15-5-6-16-13/h5-6,8,11-12H,3-4,7,9-10H2,1-2H3,(H,17,19). The summed E-state index contributed by atoms with van der Waals surface area (Å²) in [7, 11) is 1.64. The number of ether oxygens (including phenoxy) is 1. The molecule has 1 saturated heterocycles. The fraction of sp³-hybridized carbons (Fsp3) is 0.643. The van der Waals surface area contributed by atoms with Crippen LogP contribution < -0.4 is 10.2 Å². The van der Waals surface area contributed by atoms with Gasteiger partial charge < -0.3 is 15.0 Å². The van der Waals surface area contributed by atoms with Crippen molar-refractivity contribution in [1.29, 1.82) is 0 Å². The molecule has 1 aliphatic heterocycles. The molecule has 1 N–H and O–H groups in total. The van der Waals surface area contributed by atoms with Crippen LogP contribution in [0.3, 0.4) is 0 Å². The highest BCUT2D eigenvalue weighted by Crippen LogP contribution is 2.21. The monoisotopic (exact) mass is 278 g/mol. The molecule has 20 heavy (non-hydrogen) atoms. The maximum absolute atomic E-state index is 12.2. The van der Waals surface area contributed by atoms with Crippen LogP contribution >= 0.6 is 0 Å². The highest BCUT2D eigenvalue weighted by atomic mass is 16.5. The number of nitrogens with one attached hydrogen (secondary N) is 1. The van der Waals surface area contributed by atoms with Crippen molar-refractivity contribution in [2.45, 2.75) is 25.8 Å². The number of piperidine rings is 1. The summed E-state index contributed by atoms with van der Waals surface area (Å²) in [5.41, 5.74) is 0. The lowest BCUT2D eigenvalue weighted by Crippen LogP contribution is -2.46. The third-order valence-electron chi connectivity index (χ3n) is 3.47. The van der Waals surface area contributed by atoms with E-state index >= 15 is 0 Å². The summed E-state index contributed by atoms with van der Waals surface area (Å²) in [5, 5.41) is 3.00. The van der Waals surface area contributed by atoms with Crippen LogP contribution in [-0.4, -0.2) is 48.7 Å². The van der Waals surface area contributed by atoms with E-state index < -0.39 is 0 Å². The minimum absolute atomic E-state index is 0.00469. The van der Waals surface area contributed by atoms with Crippen molar-refractivity contribution < 1.29 is 9.53 Å². The van der Waals surface area contributed by atoms with Gasteiger partial charge in [0.2, 0.25) is 5.91 Å². The molecule has 110 valence electrons. The smallest absolute Gasteiger partial charge is 0.225 e. The zero-order valence-electron chi connectivity index (χ0n) is 12.1. The third kappa shape index (κ3) is 3.90. The maximum atomic E-state index is 12.2. The Morgan fingerprint density at radius 2 is 2.45 bits per heavy atom. The van der Waals surface area contributed by atoms with E-state index in [1.807, 2.05) is 6.92 Å². The van der Waals surface area contributed by atoms with Crippen molar-refractivity contribution in [3.8, 4) is 0 Å². The van der Waals surface area contributed by atoms with Crippen molar-refractivity contribution >= 4 is 11.7 Å². The molecular formula is C14H22N4O2.